The molecular weight excluding hydrogens is 346 g/mol. The van der Waals surface area contributed by atoms with Crippen LogP contribution < -0.4 is 4.74 Å². The maximum absolute atomic E-state index is 11.5. The molecule has 1 aliphatic heterocycles. The molecule has 0 aromatic heterocycles. The summed E-state index contributed by atoms with van der Waals surface area (Å²) in [6, 6.07) is 14.1. The van der Waals surface area contributed by atoms with Gasteiger partial charge in [-0.15, -0.1) is 0 Å². The van der Waals surface area contributed by atoms with E-state index in [2.05, 4.69) is 10.8 Å². The van der Waals surface area contributed by atoms with Crippen molar-refractivity contribution in [1.82, 2.24) is 0 Å². The molecule has 2 aromatic carbocycles. The number of rotatable bonds is 6. The minimum Gasteiger partial charge on any atom is -0.465 e. The molecule has 0 unspecified atom stereocenters. The van der Waals surface area contributed by atoms with Crippen LogP contribution in [0.25, 0.3) is 0 Å². The van der Waals surface area contributed by atoms with Gasteiger partial charge in [0, 0.05) is 13.2 Å². The lowest BCUT2D eigenvalue weighted by Gasteiger charge is -2.22. The molecule has 0 spiro atoms. The second-order valence-corrected chi connectivity index (χ2v) is 6.18. The number of nitriles is 1. The van der Waals surface area contributed by atoms with Crippen molar-refractivity contribution in [1.29, 1.82) is 5.26 Å². The van der Waals surface area contributed by atoms with E-state index in [4.69, 9.17) is 14.2 Å². The standard InChI is InChI=1S/C21H21NO5/c1-24-21(23)16-3-5-19(6-4-16)27-20-7-2-15(12-17(20)13-22)14-26-18-8-10-25-11-9-18/h2-7,12,18H,8-11,14H2,1H3. The monoisotopic (exact) mass is 367 g/mol. The molecule has 0 saturated carbocycles. The predicted octanol–water partition coefficient (Wildman–Crippen LogP) is 3.83. The second kappa shape index (κ2) is 9.17. The largest absolute Gasteiger partial charge is 0.465 e. The average molecular weight is 367 g/mol. The van der Waals surface area contributed by atoms with Crippen LogP contribution in [-0.4, -0.2) is 32.4 Å². The summed E-state index contributed by atoms with van der Waals surface area (Å²) in [4.78, 5) is 11.5. The molecule has 0 bridgehead atoms. The van der Waals surface area contributed by atoms with E-state index in [9.17, 15) is 10.1 Å². The second-order valence-electron chi connectivity index (χ2n) is 6.18. The minimum atomic E-state index is -0.409. The van der Waals surface area contributed by atoms with Crippen molar-refractivity contribution >= 4 is 5.97 Å². The van der Waals surface area contributed by atoms with Crippen LogP contribution in [0.3, 0.4) is 0 Å². The van der Waals surface area contributed by atoms with Gasteiger partial charge in [0.2, 0.25) is 0 Å². The van der Waals surface area contributed by atoms with Crippen molar-refractivity contribution in [3.8, 4) is 17.6 Å². The number of ether oxygens (including phenoxy) is 4. The first-order chi connectivity index (χ1) is 13.2. The maximum Gasteiger partial charge on any atom is 0.337 e. The number of carbonyl (C=O) groups is 1. The summed E-state index contributed by atoms with van der Waals surface area (Å²) < 4.78 is 21.7. The summed E-state index contributed by atoms with van der Waals surface area (Å²) in [5.74, 6) is 0.580. The van der Waals surface area contributed by atoms with Gasteiger partial charge in [-0.2, -0.15) is 5.26 Å². The van der Waals surface area contributed by atoms with E-state index in [1.54, 1.807) is 36.4 Å². The Kier molecular flexibility index (Phi) is 6.42. The Labute approximate surface area is 158 Å². The molecule has 0 amide bonds. The molecule has 27 heavy (non-hydrogen) atoms. The third-order valence-corrected chi connectivity index (χ3v) is 4.32. The molecule has 1 heterocycles. The van der Waals surface area contributed by atoms with Crippen LogP contribution >= 0.6 is 0 Å². The Bertz CT molecular complexity index is 819. The number of benzene rings is 2. The molecular formula is C21H21NO5. The first kappa shape index (κ1) is 18.9. The highest BCUT2D eigenvalue weighted by atomic mass is 16.5. The molecule has 6 heteroatoms. The zero-order valence-corrected chi connectivity index (χ0v) is 15.1. The molecule has 0 radical (unpaired) electrons. The summed E-state index contributed by atoms with van der Waals surface area (Å²) in [6.07, 6.45) is 2.00. The van der Waals surface area contributed by atoms with Gasteiger partial charge in [-0.25, -0.2) is 4.79 Å². The molecule has 140 valence electrons. The van der Waals surface area contributed by atoms with E-state index >= 15 is 0 Å². The van der Waals surface area contributed by atoms with Gasteiger partial charge >= 0.3 is 5.97 Å². The van der Waals surface area contributed by atoms with E-state index in [0.29, 0.717) is 29.2 Å². The summed E-state index contributed by atoms with van der Waals surface area (Å²) in [5.41, 5.74) is 1.79. The van der Waals surface area contributed by atoms with Crippen molar-refractivity contribution in [3.05, 3.63) is 59.2 Å². The average Bonchev–Trinajstić information content (AvgIpc) is 2.73. The third-order valence-electron chi connectivity index (χ3n) is 4.32. The fourth-order valence-corrected chi connectivity index (χ4v) is 2.80. The molecule has 1 aliphatic rings. The number of esters is 1. The Morgan fingerprint density at radius 3 is 2.59 bits per heavy atom. The first-order valence-electron chi connectivity index (χ1n) is 8.78. The first-order valence-corrected chi connectivity index (χ1v) is 8.78. The fraction of sp³-hybridized carbons (Fsp3) is 0.333. The van der Waals surface area contributed by atoms with Crippen molar-refractivity contribution < 1.29 is 23.7 Å². The van der Waals surface area contributed by atoms with Crippen molar-refractivity contribution in [2.45, 2.75) is 25.6 Å². The smallest absolute Gasteiger partial charge is 0.337 e. The van der Waals surface area contributed by atoms with Gasteiger partial charge in [0.05, 0.1) is 30.9 Å². The highest BCUT2D eigenvalue weighted by molar-refractivity contribution is 5.89. The summed E-state index contributed by atoms with van der Waals surface area (Å²) in [6.45, 7) is 1.92. The van der Waals surface area contributed by atoms with Gasteiger partial charge in [0.1, 0.15) is 17.6 Å². The van der Waals surface area contributed by atoms with Crippen LogP contribution in [-0.2, 0) is 20.8 Å². The number of nitrogens with zero attached hydrogens (tertiary/aromatic N) is 1. The Morgan fingerprint density at radius 2 is 1.93 bits per heavy atom. The molecule has 0 N–H and O–H groups in total. The molecule has 1 fully saturated rings. The molecule has 2 aromatic rings. The topological polar surface area (TPSA) is 77.8 Å². The van der Waals surface area contributed by atoms with Crippen LogP contribution in [0.5, 0.6) is 11.5 Å². The van der Waals surface area contributed by atoms with Gasteiger partial charge < -0.3 is 18.9 Å². The highest BCUT2D eigenvalue weighted by Gasteiger charge is 2.15. The lowest BCUT2D eigenvalue weighted by Crippen LogP contribution is -2.23. The Hall–Kier alpha value is -2.88. The van der Waals surface area contributed by atoms with Gasteiger partial charge in [0.15, 0.2) is 0 Å². The van der Waals surface area contributed by atoms with Gasteiger partial charge in [0.25, 0.3) is 0 Å². The molecule has 3 rings (SSSR count). The Morgan fingerprint density at radius 1 is 1.19 bits per heavy atom. The third kappa shape index (κ3) is 5.07. The predicted molar refractivity (Wildman–Crippen MR) is 97.6 cm³/mol. The maximum atomic E-state index is 11.5. The molecule has 0 atom stereocenters. The van der Waals surface area contributed by atoms with Crippen LogP contribution in [0.4, 0.5) is 0 Å². The quantitative estimate of drug-likeness (QED) is 0.722. The zero-order valence-electron chi connectivity index (χ0n) is 15.1. The van der Waals surface area contributed by atoms with E-state index in [1.165, 1.54) is 7.11 Å². The number of hydrogen-bond donors (Lipinski definition) is 0. The molecule has 0 aliphatic carbocycles. The lowest BCUT2D eigenvalue weighted by atomic mass is 10.1. The number of methoxy groups -OCH3 is 1. The van der Waals surface area contributed by atoms with E-state index in [-0.39, 0.29) is 6.10 Å². The molecule has 1 saturated heterocycles. The van der Waals surface area contributed by atoms with Gasteiger partial charge in [-0.3, -0.25) is 0 Å². The number of hydrogen-bond acceptors (Lipinski definition) is 6. The minimum absolute atomic E-state index is 0.202. The van der Waals surface area contributed by atoms with Crippen molar-refractivity contribution in [3.63, 3.8) is 0 Å². The van der Waals surface area contributed by atoms with Gasteiger partial charge in [-0.05, 0) is 54.8 Å². The zero-order chi connectivity index (χ0) is 19.1. The molecule has 6 nitrogen and oxygen atoms in total. The van der Waals surface area contributed by atoms with E-state index < -0.39 is 5.97 Å². The Balaban J connectivity index is 1.65. The fourth-order valence-electron chi connectivity index (χ4n) is 2.80. The summed E-state index contributed by atoms with van der Waals surface area (Å²) in [5, 5.41) is 9.44. The van der Waals surface area contributed by atoms with E-state index in [1.807, 2.05) is 6.07 Å². The van der Waals surface area contributed by atoms with Crippen molar-refractivity contribution in [2.24, 2.45) is 0 Å². The SMILES string of the molecule is COC(=O)c1ccc(Oc2ccc(COC3CCOCC3)cc2C#N)cc1. The lowest BCUT2D eigenvalue weighted by molar-refractivity contribution is -0.0390. The van der Waals surface area contributed by atoms with Crippen molar-refractivity contribution in [2.75, 3.05) is 20.3 Å². The van der Waals surface area contributed by atoms with E-state index in [0.717, 1.165) is 31.6 Å². The van der Waals surface area contributed by atoms with Crippen LogP contribution in [0.1, 0.15) is 34.3 Å². The summed E-state index contributed by atoms with van der Waals surface area (Å²) >= 11 is 0. The van der Waals surface area contributed by atoms with Gasteiger partial charge in [-0.1, -0.05) is 6.07 Å². The van der Waals surface area contributed by atoms with Crippen LogP contribution in [0, 0.1) is 11.3 Å². The summed E-state index contributed by atoms with van der Waals surface area (Å²) in [7, 11) is 1.33. The number of carbonyl (C=O) groups excluding carboxylic acids is 1. The van der Waals surface area contributed by atoms with Crippen LogP contribution in [0.2, 0.25) is 0 Å². The highest BCUT2D eigenvalue weighted by Crippen LogP contribution is 2.27. The van der Waals surface area contributed by atoms with Crippen LogP contribution in [0.15, 0.2) is 42.5 Å². The normalized spacial score (nSPS) is 14.4.